The minimum absolute atomic E-state index is 0.431. The Bertz CT molecular complexity index is 360. The Morgan fingerprint density at radius 1 is 1.44 bits per heavy atom. The molecule has 3 heteroatoms. The van der Waals surface area contributed by atoms with Crippen LogP contribution in [0.4, 0.5) is 5.82 Å². The highest BCUT2D eigenvalue weighted by Gasteiger charge is 2.29. The van der Waals surface area contributed by atoms with Gasteiger partial charge in [-0.05, 0) is 31.0 Å². The van der Waals surface area contributed by atoms with Crippen LogP contribution >= 0.6 is 0 Å². The van der Waals surface area contributed by atoms with Crippen molar-refractivity contribution in [2.75, 3.05) is 25.0 Å². The fourth-order valence-electron chi connectivity index (χ4n) is 2.23. The van der Waals surface area contributed by atoms with Crippen LogP contribution in [0.5, 0.6) is 0 Å². The minimum Gasteiger partial charge on any atom is -0.356 e. The quantitative estimate of drug-likeness (QED) is 0.843. The molecule has 2 heterocycles. The zero-order valence-corrected chi connectivity index (χ0v) is 10.5. The first-order chi connectivity index (χ1) is 7.61. The van der Waals surface area contributed by atoms with E-state index in [1.165, 1.54) is 6.42 Å². The van der Waals surface area contributed by atoms with Gasteiger partial charge in [0.15, 0.2) is 0 Å². The lowest BCUT2D eigenvalue weighted by Gasteiger charge is -2.21. The van der Waals surface area contributed by atoms with Crippen molar-refractivity contribution in [2.45, 2.75) is 26.8 Å². The van der Waals surface area contributed by atoms with Crippen LogP contribution in [0, 0.1) is 5.41 Å². The first kappa shape index (κ1) is 11.4. The van der Waals surface area contributed by atoms with Crippen molar-refractivity contribution >= 4 is 5.82 Å². The molecule has 1 N–H and O–H groups in total. The summed E-state index contributed by atoms with van der Waals surface area (Å²) in [7, 11) is 1.95. The van der Waals surface area contributed by atoms with E-state index < -0.39 is 0 Å². The Morgan fingerprint density at radius 3 is 2.88 bits per heavy atom. The number of rotatable bonds is 3. The summed E-state index contributed by atoms with van der Waals surface area (Å²) in [6, 6.07) is 6.28. The number of pyridine rings is 1. The van der Waals surface area contributed by atoms with Crippen LogP contribution in [0.1, 0.15) is 26.0 Å². The lowest BCUT2D eigenvalue weighted by atomic mass is 9.93. The second-order valence-corrected chi connectivity index (χ2v) is 5.35. The van der Waals surface area contributed by atoms with Gasteiger partial charge in [0.2, 0.25) is 0 Å². The van der Waals surface area contributed by atoms with Gasteiger partial charge in [0, 0.05) is 19.6 Å². The van der Waals surface area contributed by atoms with Crippen molar-refractivity contribution in [1.82, 2.24) is 10.3 Å². The zero-order chi connectivity index (χ0) is 11.6. The molecule has 1 saturated heterocycles. The van der Waals surface area contributed by atoms with Gasteiger partial charge >= 0.3 is 0 Å². The molecule has 0 aliphatic carbocycles. The van der Waals surface area contributed by atoms with Crippen LogP contribution in [0.3, 0.4) is 0 Å². The molecule has 1 aromatic heterocycles. The summed E-state index contributed by atoms with van der Waals surface area (Å²) < 4.78 is 0. The molecule has 0 unspecified atom stereocenters. The van der Waals surface area contributed by atoms with Gasteiger partial charge in [0.05, 0.1) is 5.69 Å². The van der Waals surface area contributed by atoms with Gasteiger partial charge < -0.3 is 10.2 Å². The third-order valence-electron chi connectivity index (χ3n) is 3.15. The molecule has 88 valence electrons. The van der Waals surface area contributed by atoms with E-state index in [4.69, 9.17) is 0 Å². The van der Waals surface area contributed by atoms with Gasteiger partial charge in [0.1, 0.15) is 5.82 Å². The topological polar surface area (TPSA) is 28.2 Å². The van der Waals surface area contributed by atoms with Crippen LogP contribution in [-0.2, 0) is 6.54 Å². The summed E-state index contributed by atoms with van der Waals surface area (Å²) in [6.07, 6.45) is 1.25. The second kappa shape index (κ2) is 4.42. The summed E-state index contributed by atoms with van der Waals surface area (Å²) >= 11 is 0. The lowest BCUT2D eigenvalue weighted by molar-refractivity contribution is 0.418. The second-order valence-electron chi connectivity index (χ2n) is 5.35. The van der Waals surface area contributed by atoms with Gasteiger partial charge in [-0.15, -0.1) is 0 Å². The molecule has 0 bridgehead atoms. The monoisotopic (exact) mass is 219 g/mol. The molecule has 1 aliphatic rings. The van der Waals surface area contributed by atoms with Crippen molar-refractivity contribution in [3.05, 3.63) is 23.9 Å². The first-order valence-corrected chi connectivity index (χ1v) is 5.96. The van der Waals surface area contributed by atoms with Crippen molar-refractivity contribution < 1.29 is 0 Å². The number of anilines is 1. The van der Waals surface area contributed by atoms with E-state index in [2.05, 4.69) is 47.2 Å². The van der Waals surface area contributed by atoms with E-state index >= 15 is 0 Å². The van der Waals surface area contributed by atoms with Gasteiger partial charge in [-0.1, -0.05) is 19.9 Å². The third-order valence-corrected chi connectivity index (χ3v) is 3.15. The molecule has 2 rings (SSSR count). The predicted octanol–water partition coefficient (Wildman–Crippen LogP) is 2.04. The molecule has 0 radical (unpaired) electrons. The molecule has 0 spiro atoms. The van der Waals surface area contributed by atoms with Crippen molar-refractivity contribution in [1.29, 1.82) is 0 Å². The summed E-state index contributed by atoms with van der Waals surface area (Å²) in [5.41, 5.74) is 1.55. The fraction of sp³-hybridized carbons (Fsp3) is 0.615. The smallest absolute Gasteiger partial charge is 0.128 e. The molecular formula is C13H21N3. The standard InChI is InChI=1S/C13H21N3/c1-13(2)7-8-16(10-13)12-6-4-5-11(15-12)9-14-3/h4-6,14H,7-10H2,1-3H3. The summed E-state index contributed by atoms with van der Waals surface area (Å²) in [6.45, 7) is 7.73. The number of hydrogen-bond donors (Lipinski definition) is 1. The van der Waals surface area contributed by atoms with Gasteiger partial charge in [-0.3, -0.25) is 0 Å². The normalized spacial score (nSPS) is 19.1. The Balaban J connectivity index is 2.12. The maximum absolute atomic E-state index is 4.67. The molecule has 1 aliphatic heterocycles. The number of nitrogens with zero attached hydrogens (tertiary/aromatic N) is 2. The summed E-state index contributed by atoms with van der Waals surface area (Å²) in [5.74, 6) is 1.12. The highest BCUT2D eigenvalue weighted by Crippen LogP contribution is 2.31. The van der Waals surface area contributed by atoms with Crippen molar-refractivity contribution in [2.24, 2.45) is 5.41 Å². The summed E-state index contributed by atoms with van der Waals surface area (Å²) in [5, 5.41) is 3.14. The Labute approximate surface area is 97.9 Å². The maximum Gasteiger partial charge on any atom is 0.128 e. The van der Waals surface area contributed by atoms with Gasteiger partial charge in [-0.25, -0.2) is 4.98 Å². The Hall–Kier alpha value is -1.09. The molecule has 0 aromatic carbocycles. The van der Waals surface area contributed by atoms with Crippen LogP contribution in [0.25, 0.3) is 0 Å². The number of aromatic nitrogens is 1. The summed E-state index contributed by atoms with van der Waals surface area (Å²) in [4.78, 5) is 7.06. The number of hydrogen-bond acceptors (Lipinski definition) is 3. The predicted molar refractivity (Wildman–Crippen MR) is 67.6 cm³/mol. The largest absolute Gasteiger partial charge is 0.356 e. The van der Waals surface area contributed by atoms with E-state index in [0.29, 0.717) is 5.41 Å². The Morgan fingerprint density at radius 2 is 2.25 bits per heavy atom. The lowest BCUT2D eigenvalue weighted by Crippen LogP contribution is -2.24. The molecule has 3 nitrogen and oxygen atoms in total. The molecule has 1 fully saturated rings. The molecule has 0 amide bonds. The molecular weight excluding hydrogens is 198 g/mol. The average molecular weight is 219 g/mol. The van der Waals surface area contributed by atoms with E-state index in [1.54, 1.807) is 0 Å². The van der Waals surface area contributed by atoms with Gasteiger partial charge in [0.25, 0.3) is 0 Å². The van der Waals surface area contributed by atoms with E-state index in [0.717, 1.165) is 31.1 Å². The number of nitrogens with one attached hydrogen (secondary N) is 1. The van der Waals surface area contributed by atoms with Crippen LogP contribution < -0.4 is 10.2 Å². The molecule has 0 saturated carbocycles. The van der Waals surface area contributed by atoms with Crippen LogP contribution in [0.15, 0.2) is 18.2 Å². The van der Waals surface area contributed by atoms with E-state index in [-0.39, 0.29) is 0 Å². The molecule has 16 heavy (non-hydrogen) atoms. The average Bonchev–Trinajstić information content (AvgIpc) is 2.60. The zero-order valence-electron chi connectivity index (χ0n) is 10.5. The third kappa shape index (κ3) is 2.53. The van der Waals surface area contributed by atoms with Gasteiger partial charge in [-0.2, -0.15) is 0 Å². The van der Waals surface area contributed by atoms with E-state index in [9.17, 15) is 0 Å². The van der Waals surface area contributed by atoms with Crippen molar-refractivity contribution in [3.63, 3.8) is 0 Å². The van der Waals surface area contributed by atoms with Crippen LogP contribution in [0.2, 0.25) is 0 Å². The fourth-order valence-corrected chi connectivity index (χ4v) is 2.23. The highest BCUT2D eigenvalue weighted by molar-refractivity contribution is 5.41. The SMILES string of the molecule is CNCc1cccc(N2CCC(C)(C)C2)n1. The highest BCUT2D eigenvalue weighted by atomic mass is 15.2. The Kier molecular flexibility index (Phi) is 3.15. The maximum atomic E-state index is 4.67. The van der Waals surface area contributed by atoms with Crippen LogP contribution in [-0.4, -0.2) is 25.1 Å². The van der Waals surface area contributed by atoms with E-state index in [1.807, 2.05) is 7.05 Å². The molecule has 0 atom stereocenters. The minimum atomic E-state index is 0.431. The first-order valence-electron chi connectivity index (χ1n) is 5.96. The van der Waals surface area contributed by atoms with Crippen molar-refractivity contribution in [3.8, 4) is 0 Å². The molecule has 1 aromatic rings.